The molecule has 156 valence electrons. The fraction of sp³-hybridized carbons (Fsp3) is 0.364. The Hall–Kier alpha value is -2.44. The highest BCUT2D eigenvalue weighted by Gasteiger charge is 2.27. The Morgan fingerprint density at radius 1 is 1.07 bits per heavy atom. The van der Waals surface area contributed by atoms with Crippen LogP contribution in [0.1, 0.15) is 35.8 Å². The molecule has 0 spiro atoms. The van der Waals surface area contributed by atoms with E-state index in [0.717, 1.165) is 5.56 Å². The van der Waals surface area contributed by atoms with E-state index in [2.05, 4.69) is 10.6 Å². The van der Waals surface area contributed by atoms with Crippen molar-refractivity contribution in [3.05, 3.63) is 70.5 Å². The van der Waals surface area contributed by atoms with Crippen molar-refractivity contribution in [2.24, 2.45) is 5.92 Å². The van der Waals surface area contributed by atoms with Crippen molar-refractivity contribution in [1.82, 2.24) is 15.5 Å². The van der Waals surface area contributed by atoms with Crippen LogP contribution in [0.4, 0.5) is 4.39 Å². The van der Waals surface area contributed by atoms with Crippen molar-refractivity contribution in [3.8, 4) is 0 Å². The molecule has 2 atom stereocenters. The third-order valence-corrected chi connectivity index (χ3v) is 5.06. The first-order chi connectivity index (χ1) is 13.7. The van der Waals surface area contributed by atoms with E-state index in [1.807, 2.05) is 51.0 Å². The summed E-state index contributed by atoms with van der Waals surface area (Å²) in [6, 6.07) is 12.2. The largest absolute Gasteiger partial charge is 0.352 e. The molecule has 2 rings (SSSR count). The standard InChI is InChI=1S/C22H27ClFN3O2/c1-14(2)20(26-21(28)16-10-6-8-12-18(16)24)22(29)25-13-19(27(3)4)15-9-5-7-11-17(15)23/h5-12,14,19-20H,13H2,1-4H3,(H,25,29)(H,26,28). The highest BCUT2D eigenvalue weighted by atomic mass is 35.5. The molecule has 0 aliphatic rings. The van der Waals surface area contributed by atoms with Gasteiger partial charge < -0.3 is 15.5 Å². The second-order valence-corrected chi connectivity index (χ2v) is 7.83. The molecule has 0 aliphatic heterocycles. The SMILES string of the molecule is CC(C)C(NC(=O)c1ccccc1F)C(=O)NCC(c1ccccc1Cl)N(C)C. The Morgan fingerprint density at radius 3 is 2.28 bits per heavy atom. The smallest absolute Gasteiger partial charge is 0.254 e. The summed E-state index contributed by atoms with van der Waals surface area (Å²) in [5.74, 6) is -1.75. The van der Waals surface area contributed by atoms with E-state index in [0.29, 0.717) is 11.6 Å². The van der Waals surface area contributed by atoms with Crippen LogP contribution in [0.2, 0.25) is 5.02 Å². The average Bonchev–Trinajstić information content (AvgIpc) is 2.67. The number of nitrogens with zero attached hydrogens (tertiary/aromatic N) is 1. The molecule has 2 amide bonds. The Morgan fingerprint density at radius 2 is 1.69 bits per heavy atom. The third kappa shape index (κ3) is 6.02. The lowest BCUT2D eigenvalue weighted by Crippen LogP contribution is -2.51. The lowest BCUT2D eigenvalue weighted by Gasteiger charge is -2.28. The first kappa shape index (κ1) is 22.8. The number of benzene rings is 2. The van der Waals surface area contributed by atoms with Gasteiger partial charge in [-0.1, -0.05) is 55.8 Å². The summed E-state index contributed by atoms with van der Waals surface area (Å²) in [7, 11) is 3.81. The number of hydrogen-bond acceptors (Lipinski definition) is 3. The van der Waals surface area contributed by atoms with Gasteiger partial charge in [-0.25, -0.2) is 4.39 Å². The zero-order valence-electron chi connectivity index (χ0n) is 17.1. The van der Waals surface area contributed by atoms with E-state index in [-0.39, 0.29) is 23.4 Å². The maximum atomic E-state index is 13.9. The highest BCUT2D eigenvalue weighted by Crippen LogP contribution is 2.25. The van der Waals surface area contributed by atoms with E-state index in [1.54, 1.807) is 12.1 Å². The van der Waals surface area contributed by atoms with Crippen molar-refractivity contribution in [3.63, 3.8) is 0 Å². The first-order valence-electron chi connectivity index (χ1n) is 9.46. The molecule has 0 aromatic heterocycles. The molecule has 2 aromatic carbocycles. The fourth-order valence-electron chi connectivity index (χ4n) is 3.02. The van der Waals surface area contributed by atoms with Crippen molar-refractivity contribution in [1.29, 1.82) is 0 Å². The molecule has 0 heterocycles. The first-order valence-corrected chi connectivity index (χ1v) is 9.84. The van der Waals surface area contributed by atoms with Crippen LogP contribution in [0.15, 0.2) is 48.5 Å². The topological polar surface area (TPSA) is 61.4 Å². The van der Waals surface area contributed by atoms with Crippen LogP contribution in [-0.2, 0) is 4.79 Å². The summed E-state index contributed by atoms with van der Waals surface area (Å²) < 4.78 is 13.9. The van der Waals surface area contributed by atoms with Gasteiger partial charge in [0, 0.05) is 11.6 Å². The van der Waals surface area contributed by atoms with Gasteiger partial charge in [0.1, 0.15) is 11.9 Å². The molecule has 29 heavy (non-hydrogen) atoms. The van der Waals surface area contributed by atoms with Gasteiger partial charge in [0.25, 0.3) is 5.91 Å². The van der Waals surface area contributed by atoms with E-state index in [4.69, 9.17) is 11.6 Å². The van der Waals surface area contributed by atoms with Crippen LogP contribution in [0.25, 0.3) is 0 Å². The molecule has 0 aliphatic carbocycles. The van der Waals surface area contributed by atoms with E-state index in [9.17, 15) is 14.0 Å². The third-order valence-electron chi connectivity index (χ3n) is 4.71. The minimum Gasteiger partial charge on any atom is -0.352 e. The second kappa shape index (κ2) is 10.4. The lowest BCUT2D eigenvalue weighted by atomic mass is 10.0. The number of likely N-dealkylation sites (N-methyl/N-ethyl adjacent to an activating group) is 1. The zero-order chi connectivity index (χ0) is 21.6. The molecule has 2 N–H and O–H groups in total. The van der Waals surface area contributed by atoms with Gasteiger partial charge in [-0.15, -0.1) is 0 Å². The summed E-state index contributed by atoms with van der Waals surface area (Å²) in [6.07, 6.45) is 0. The number of carbonyl (C=O) groups is 2. The van der Waals surface area contributed by atoms with Gasteiger partial charge in [0.05, 0.1) is 11.6 Å². The van der Waals surface area contributed by atoms with E-state index >= 15 is 0 Å². The van der Waals surface area contributed by atoms with Gasteiger partial charge in [-0.3, -0.25) is 9.59 Å². The van der Waals surface area contributed by atoms with Gasteiger partial charge in [-0.2, -0.15) is 0 Å². The summed E-state index contributed by atoms with van der Waals surface area (Å²) in [6.45, 7) is 3.96. The van der Waals surface area contributed by atoms with Gasteiger partial charge >= 0.3 is 0 Å². The van der Waals surface area contributed by atoms with Crippen molar-refractivity contribution >= 4 is 23.4 Å². The average molecular weight is 420 g/mol. The number of nitrogens with one attached hydrogen (secondary N) is 2. The predicted octanol–water partition coefficient (Wildman–Crippen LogP) is 3.65. The summed E-state index contributed by atoms with van der Waals surface area (Å²) in [4.78, 5) is 27.2. The monoisotopic (exact) mass is 419 g/mol. The molecule has 5 nitrogen and oxygen atoms in total. The molecule has 0 saturated heterocycles. The number of rotatable bonds is 8. The molecular formula is C22H27ClFN3O2. The summed E-state index contributed by atoms with van der Waals surface area (Å²) >= 11 is 6.31. The quantitative estimate of drug-likeness (QED) is 0.686. The summed E-state index contributed by atoms with van der Waals surface area (Å²) in [5.41, 5.74) is 0.809. The molecule has 2 unspecified atom stereocenters. The van der Waals surface area contributed by atoms with Crippen LogP contribution in [0, 0.1) is 11.7 Å². The minimum absolute atomic E-state index is 0.0896. The normalized spacial score (nSPS) is 13.2. The highest BCUT2D eigenvalue weighted by molar-refractivity contribution is 6.31. The van der Waals surface area contributed by atoms with Crippen LogP contribution >= 0.6 is 11.6 Å². The van der Waals surface area contributed by atoms with Crippen molar-refractivity contribution in [2.45, 2.75) is 25.9 Å². The molecule has 2 aromatic rings. The number of carbonyl (C=O) groups excluding carboxylic acids is 2. The maximum absolute atomic E-state index is 13.9. The molecular weight excluding hydrogens is 393 g/mol. The fourth-order valence-corrected chi connectivity index (χ4v) is 3.28. The number of hydrogen-bond donors (Lipinski definition) is 2. The van der Waals surface area contributed by atoms with Crippen LogP contribution in [-0.4, -0.2) is 43.4 Å². The van der Waals surface area contributed by atoms with Crippen LogP contribution in [0.3, 0.4) is 0 Å². The lowest BCUT2D eigenvalue weighted by molar-refractivity contribution is -0.124. The number of halogens is 2. The Kier molecular flexibility index (Phi) is 8.17. The minimum atomic E-state index is -0.795. The zero-order valence-corrected chi connectivity index (χ0v) is 17.8. The molecule has 0 bridgehead atoms. The van der Waals surface area contributed by atoms with Crippen molar-refractivity contribution < 1.29 is 14.0 Å². The summed E-state index contributed by atoms with van der Waals surface area (Å²) in [5, 5.41) is 6.16. The Balaban J connectivity index is 2.10. The molecule has 0 saturated carbocycles. The molecule has 7 heteroatoms. The van der Waals surface area contributed by atoms with Crippen LogP contribution < -0.4 is 10.6 Å². The Labute approximate surface area is 176 Å². The van der Waals surface area contributed by atoms with Crippen LogP contribution in [0.5, 0.6) is 0 Å². The maximum Gasteiger partial charge on any atom is 0.254 e. The van der Waals surface area contributed by atoms with Crippen molar-refractivity contribution in [2.75, 3.05) is 20.6 Å². The van der Waals surface area contributed by atoms with Gasteiger partial charge in [0.15, 0.2) is 0 Å². The van der Waals surface area contributed by atoms with Gasteiger partial charge in [0.2, 0.25) is 5.91 Å². The number of amides is 2. The molecule has 0 radical (unpaired) electrons. The molecule has 0 fully saturated rings. The Bertz CT molecular complexity index is 857. The van der Waals surface area contributed by atoms with E-state index in [1.165, 1.54) is 18.2 Å². The predicted molar refractivity (Wildman–Crippen MR) is 113 cm³/mol. The van der Waals surface area contributed by atoms with Gasteiger partial charge in [-0.05, 0) is 43.8 Å². The second-order valence-electron chi connectivity index (χ2n) is 7.42. The van der Waals surface area contributed by atoms with E-state index < -0.39 is 17.8 Å².